The molecule has 0 heterocycles. The highest BCUT2D eigenvalue weighted by Gasteiger charge is 2.54. The van der Waals surface area contributed by atoms with Crippen molar-refractivity contribution in [2.45, 2.75) is 68.6 Å². The maximum absolute atomic E-state index is 2.56. The molecule has 0 atom stereocenters. The van der Waals surface area contributed by atoms with E-state index in [1.807, 2.05) is 0 Å². The molecule has 0 aliphatic heterocycles. The van der Waals surface area contributed by atoms with Crippen molar-refractivity contribution in [1.29, 1.82) is 0 Å². The number of benzene rings is 16. The molecule has 7 aliphatic rings. The number of hydrogen-bond donors (Lipinski definition) is 0. The van der Waals surface area contributed by atoms with Crippen LogP contribution in [0.3, 0.4) is 0 Å². The zero-order valence-electron chi connectivity index (χ0n) is 61.9. The van der Waals surface area contributed by atoms with Crippen LogP contribution in [0.25, 0.3) is 100 Å². The highest BCUT2D eigenvalue weighted by atomic mass is 15.2. The second-order valence-corrected chi connectivity index (χ2v) is 32.9. The van der Waals surface area contributed by atoms with Crippen molar-refractivity contribution in [3.05, 3.63) is 430 Å². The van der Waals surface area contributed by atoms with Gasteiger partial charge in [-0.1, -0.05) is 315 Å². The van der Waals surface area contributed by atoms with Gasteiger partial charge in [-0.25, -0.2) is 0 Å². The first-order chi connectivity index (χ1) is 53.3. The van der Waals surface area contributed by atoms with Gasteiger partial charge in [-0.15, -0.1) is 0 Å². The van der Waals surface area contributed by atoms with E-state index in [1.165, 1.54) is 161 Å². The number of para-hydroxylation sites is 1. The summed E-state index contributed by atoms with van der Waals surface area (Å²) in [7, 11) is 0. The fourth-order valence-electron chi connectivity index (χ4n) is 21.8. The molecule has 0 fully saturated rings. The molecule has 2 heteroatoms. The van der Waals surface area contributed by atoms with Gasteiger partial charge in [0.05, 0.1) is 16.5 Å². The molecule has 16 aromatic carbocycles. The van der Waals surface area contributed by atoms with Gasteiger partial charge in [-0.3, -0.25) is 0 Å². The third-order valence-corrected chi connectivity index (χ3v) is 26.7. The lowest BCUT2D eigenvalue weighted by atomic mass is 9.70. The first-order valence-electron chi connectivity index (χ1n) is 38.8. The quantitative estimate of drug-likeness (QED) is 0.150. The van der Waals surface area contributed by atoms with E-state index in [1.54, 1.807) is 0 Å². The van der Waals surface area contributed by atoms with E-state index in [2.05, 4.69) is 403 Å². The normalized spacial score (nSPS) is 15.4. The molecular weight excluding hydrogens is 1310 g/mol. The van der Waals surface area contributed by atoms with Crippen LogP contribution in [0.5, 0.6) is 0 Å². The lowest BCUT2D eigenvalue weighted by molar-refractivity contribution is 0.660. The number of hydrogen-bond acceptors (Lipinski definition) is 2. The Bertz CT molecular complexity index is 6490. The van der Waals surface area contributed by atoms with Crippen LogP contribution in [0, 0.1) is 0 Å². The lowest BCUT2D eigenvalue weighted by Crippen LogP contribution is -2.26. The van der Waals surface area contributed by atoms with Crippen molar-refractivity contribution in [1.82, 2.24) is 0 Å². The average Bonchev–Trinajstić information content (AvgIpc) is 1.51. The predicted molar refractivity (Wildman–Crippen MR) is 452 cm³/mol. The maximum Gasteiger partial charge on any atom is 0.0725 e. The van der Waals surface area contributed by atoms with Gasteiger partial charge in [-0.05, 0) is 251 Å². The number of nitrogens with zero attached hydrogens (tertiary/aromatic N) is 2. The summed E-state index contributed by atoms with van der Waals surface area (Å²) in [5.41, 5.74) is 46.7. The highest BCUT2D eigenvalue weighted by molar-refractivity contribution is 6.02. The molecule has 0 amide bonds. The van der Waals surface area contributed by atoms with Crippen molar-refractivity contribution in [2.75, 3.05) is 9.80 Å². The minimum atomic E-state index is -0.596. The van der Waals surface area contributed by atoms with Crippen LogP contribution in [0.4, 0.5) is 34.1 Å². The van der Waals surface area contributed by atoms with E-state index in [9.17, 15) is 0 Å². The van der Waals surface area contributed by atoms with Gasteiger partial charge in [0, 0.05) is 50.2 Å². The third-order valence-electron chi connectivity index (χ3n) is 26.7. The Morgan fingerprint density at radius 3 is 0.844 bits per heavy atom. The monoisotopic (exact) mass is 1390 g/mol. The molecule has 0 aromatic heterocycles. The molecule has 7 aliphatic carbocycles. The predicted octanol–water partition coefficient (Wildman–Crippen LogP) is 27.6. The summed E-state index contributed by atoms with van der Waals surface area (Å²) in [6, 6.07) is 135. The van der Waals surface area contributed by atoms with Gasteiger partial charge in [0.15, 0.2) is 0 Å². The van der Waals surface area contributed by atoms with E-state index in [0.717, 1.165) is 50.8 Å². The van der Waals surface area contributed by atoms with Crippen LogP contribution in [-0.4, -0.2) is 0 Å². The van der Waals surface area contributed by atoms with Gasteiger partial charge >= 0.3 is 0 Å². The van der Waals surface area contributed by atoms with Crippen LogP contribution in [0.1, 0.15) is 119 Å². The summed E-state index contributed by atoms with van der Waals surface area (Å²) in [6.07, 6.45) is 0. The summed E-state index contributed by atoms with van der Waals surface area (Å²) in [5.74, 6) is 0. The fourth-order valence-corrected chi connectivity index (χ4v) is 21.8. The lowest BCUT2D eigenvalue weighted by Gasteiger charge is -2.32. The zero-order chi connectivity index (χ0) is 72.6. The van der Waals surface area contributed by atoms with Crippen molar-refractivity contribution in [2.24, 2.45) is 0 Å². The van der Waals surface area contributed by atoms with E-state index < -0.39 is 10.8 Å². The van der Waals surface area contributed by atoms with Gasteiger partial charge in [0.1, 0.15) is 0 Å². The van der Waals surface area contributed by atoms with Crippen LogP contribution < -0.4 is 9.80 Å². The third kappa shape index (κ3) is 8.15. The molecular formula is C107H76N2. The minimum absolute atomic E-state index is 0.185. The summed E-state index contributed by atoms with van der Waals surface area (Å²) < 4.78 is 0. The van der Waals surface area contributed by atoms with E-state index in [4.69, 9.17) is 0 Å². The summed E-state index contributed by atoms with van der Waals surface area (Å²) in [5, 5.41) is 0. The summed E-state index contributed by atoms with van der Waals surface area (Å²) >= 11 is 0. The molecule has 0 saturated heterocycles. The van der Waals surface area contributed by atoms with E-state index in [0.29, 0.717) is 0 Å². The molecule has 0 unspecified atom stereocenters. The Morgan fingerprint density at radius 2 is 0.422 bits per heavy atom. The summed E-state index contributed by atoms with van der Waals surface area (Å²) in [4.78, 5) is 5.11. The fraction of sp³-hybridized carbons (Fsp3) is 0.103. The smallest absolute Gasteiger partial charge is 0.0725 e. The summed E-state index contributed by atoms with van der Waals surface area (Å²) in [6.45, 7) is 14.4. The van der Waals surface area contributed by atoms with Gasteiger partial charge in [-0.2, -0.15) is 0 Å². The molecule has 0 radical (unpaired) electrons. The van der Waals surface area contributed by atoms with Crippen molar-refractivity contribution in [3.8, 4) is 100 Å². The molecule has 2 spiro atoms. The van der Waals surface area contributed by atoms with Crippen LogP contribution in [0.15, 0.2) is 352 Å². The Hall–Kier alpha value is -12.9. The topological polar surface area (TPSA) is 6.48 Å². The van der Waals surface area contributed by atoms with Gasteiger partial charge in [0.2, 0.25) is 0 Å². The molecule has 0 N–H and O–H groups in total. The van der Waals surface area contributed by atoms with Crippen molar-refractivity contribution < 1.29 is 0 Å². The Kier molecular flexibility index (Phi) is 12.7. The molecule has 109 heavy (non-hydrogen) atoms. The molecule has 23 rings (SSSR count). The molecule has 2 nitrogen and oxygen atoms in total. The second-order valence-electron chi connectivity index (χ2n) is 32.9. The minimum Gasteiger partial charge on any atom is -0.310 e. The maximum atomic E-state index is 2.56. The average molecular weight is 1390 g/mol. The molecule has 0 bridgehead atoms. The molecule has 0 saturated carbocycles. The van der Waals surface area contributed by atoms with E-state index in [-0.39, 0.29) is 16.2 Å². The molecule has 16 aromatic rings. The zero-order valence-corrected chi connectivity index (χ0v) is 61.9. The number of anilines is 6. The first-order valence-corrected chi connectivity index (χ1v) is 38.8. The van der Waals surface area contributed by atoms with Gasteiger partial charge < -0.3 is 9.80 Å². The number of rotatable bonds is 8. The first kappa shape index (κ1) is 62.3. The van der Waals surface area contributed by atoms with Crippen LogP contribution in [-0.2, 0) is 27.1 Å². The van der Waals surface area contributed by atoms with Crippen molar-refractivity contribution in [3.63, 3.8) is 0 Å². The Balaban J connectivity index is 0.693. The highest BCUT2D eigenvalue weighted by Crippen LogP contribution is 2.67. The largest absolute Gasteiger partial charge is 0.310 e. The Morgan fingerprint density at radius 1 is 0.156 bits per heavy atom. The van der Waals surface area contributed by atoms with Crippen LogP contribution >= 0.6 is 0 Å². The number of fused-ring (bicyclic) bond motifs is 29. The Labute approximate surface area is 638 Å². The van der Waals surface area contributed by atoms with E-state index >= 15 is 0 Å². The molecule has 514 valence electrons. The standard InChI is InChI=1S/C107H76N2/c1-103(2)88-37-16-7-29-74(88)82-53-47-70(62-98(82)103)108(71-48-54-83-75-30-8-17-38-89(75)104(3,4)99(83)63-71)68-50-56-97-87(60-68)85-52-46-66(59-101(85)107(97)93-42-21-12-34-79(93)80-35-13-22-43-94(80)107)65-26-25-27-67(58-65)73-28-15-24-45-102(73)109(72-49-55-84-76-31-9-18-39-90(76)105(5,6)100(84)64-72)69-51-57-96-86(61-69)81-36-14-23-44-95(81)106(96)91-40-19-10-32-77(91)78-33-11-20-41-92(78)106/h7-64H,1-6H3. The second kappa shape index (κ2) is 22.1. The SMILES string of the molecule is CC1(C)c2ccccc2-c2ccc(N(c3ccc4c(c3)-c3ccc(-c5cccc(-c6ccccc6N(c6ccc7c(c6)-c6ccccc6C76c7ccccc7-c7ccccc76)c6ccc7c(c6)C(C)(C)c6ccccc6-7)c5)cc3C43c4ccccc4-c4ccccc43)c3ccc4c(c3)C(C)(C)c3ccccc3-4)cc21. The van der Waals surface area contributed by atoms with Crippen molar-refractivity contribution >= 4 is 34.1 Å². The van der Waals surface area contributed by atoms with Gasteiger partial charge in [0.25, 0.3) is 0 Å². The van der Waals surface area contributed by atoms with Crippen LogP contribution in [0.2, 0.25) is 0 Å².